The van der Waals surface area contributed by atoms with E-state index in [0.29, 0.717) is 18.1 Å². The first-order valence-electron chi connectivity index (χ1n) is 12.4. The zero-order chi connectivity index (χ0) is 25.2. The minimum atomic E-state index is -1.18. The van der Waals surface area contributed by atoms with Crippen LogP contribution >= 0.6 is 12.2 Å². The molecule has 1 saturated heterocycles. The Kier molecular flexibility index (Phi) is 5.21. The van der Waals surface area contributed by atoms with Crippen molar-refractivity contribution in [1.82, 2.24) is 9.13 Å². The number of hydrogen-bond donors (Lipinski definition) is 0. The summed E-state index contributed by atoms with van der Waals surface area (Å²) in [6, 6.07) is 17.5. The SMILES string of the molecule is C=C(OCC)[C@@]12C=Cc3ccc(C)n3[C@H]3[C@@H]1c1ccc(C)n1[C@H](C)C3(OC(=S)Oc1ccccc1)O2. The molecule has 1 unspecified atom stereocenters. The van der Waals surface area contributed by atoms with E-state index in [1.54, 1.807) is 0 Å². The summed E-state index contributed by atoms with van der Waals surface area (Å²) in [6.45, 7) is 13.1. The Balaban J connectivity index is 1.57. The second kappa shape index (κ2) is 8.11. The normalized spacial score (nSPS) is 29.2. The molecule has 3 aliphatic rings. The summed E-state index contributed by atoms with van der Waals surface area (Å²) in [5.41, 5.74) is 3.51. The molecule has 4 bridgehead atoms. The fourth-order valence-electron chi connectivity index (χ4n) is 6.38. The van der Waals surface area contributed by atoms with Gasteiger partial charge in [0.1, 0.15) is 17.6 Å². The maximum absolute atomic E-state index is 7.13. The standard InChI is InChI=1S/C29H30N2O4S/c1-6-32-21(5)28-17-16-22-14-12-19(3)31(22)26-25(28)24-15-13-18(2)30(24)20(4)29(26,35-28)34-27(36)33-23-10-8-7-9-11-23/h7-17,20,25-26H,5-6H2,1-4H3/t20-,25+,26+,28+,29?/m1/s1. The van der Waals surface area contributed by atoms with E-state index in [4.69, 9.17) is 31.2 Å². The van der Waals surface area contributed by atoms with Crippen LogP contribution in [0.25, 0.3) is 6.08 Å². The molecule has 6 rings (SSSR count). The van der Waals surface area contributed by atoms with Gasteiger partial charge in [0, 0.05) is 35.0 Å². The summed E-state index contributed by atoms with van der Waals surface area (Å²) in [7, 11) is 0. The zero-order valence-electron chi connectivity index (χ0n) is 20.9. The number of nitrogens with zero attached hydrogens (tertiary/aromatic N) is 2. The summed E-state index contributed by atoms with van der Waals surface area (Å²) >= 11 is 5.68. The van der Waals surface area contributed by atoms with Crippen molar-refractivity contribution < 1.29 is 18.9 Å². The van der Waals surface area contributed by atoms with Gasteiger partial charge in [0.15, 0.2) is 5.60 Å². The fourth-order valence-corrected chi connectivity index (χ4v) is 6.60. The molecule has 5 heterocycles. The van der Waals surface area contributed by atoms with Gasteiger partial charge >= 0.3 is 5.24 Å². The summed E-state index contributed by atoms with van der Waals surface area (Å²) in [5.74, 6) is -0.179. The lowest BCUT2D eigenvalue weighted by Crippen LogP contribution is -2.52. The third-order valence-corrected chi connectivity index (χ3v) is 8.00. The molecule has 7 heteroatoms. The highest BCUT2D eigenvalue weighted by molar-refractivity contribution is 7.79. The molecule has 36 heavy (non-hydrogen) atoms. The van der Waals surface area contributed by atoms with Crippen LogP contribution in [0, 0.1) is 13.8 Å². The number of hydrogen-bond acceptors (Lipinski definition) is 5. The van der Waals surface area contributed by atoms with Crippen molar-refractivity contribution in [2.24, 2.45) is 0 Å². The largest absolute Gasteiger partial charge is 0.495 e. The third-order valence-electron chi connectivity index (χ3n) is 7.84. The van der Waals surface area contributed by atoms with Crippen molar-refractivity contribution in [1.29, 1.82) is 0 Å². The van der Waals surface area contributed by atoms with Crippen molar-refractivity contribution in [2.45, 2.75) is 57.1 Å². The van der Waals surface area contributed by atoms with Crippen LogP contribution in [0.4, 0.5) is 0 Å². The van der Waals surface area contributed by atoms with E-state index in [9.17, 15) is 0 Å². The summed E-state index contributed by atoms with van der Waals surface area (Å²) in [5, 5.41) is 0.0128. The van der Waals surface area contributed by atoms with Crippen molar-refractivity contribution in [3.63, 3.8) is 0 Å². The van der Waals surface area contributed by atoms with E-state index in [2.05, 4.69) is 72.9 Å². The molecule has 6 nitrogen and oxygen atoms in total. The smallest absolute Gasteiger partial charge is 0.360 e. The maximum Gasteiger partial charge on any atom is 0.360 e. The summed E-state index contributed by atoms with van der Waals surface area (Å²) in [4.78, 5) is 0. The average Bonchev–Trinajstić information content (AvgIpc) is 3.43. The van der Waals surface area contributed by atoms with Crippen LogP contribution in [-0.2, 0) is 14.2 Å². The van der Waals surface area contributed by atoms with Gasteiger partial charge < -0.3 is 28.1 Å². The van der Waals surface area contributed by atoms with Crippen LogP contribution in [0.3, 0.4) is 0 Å². The highest BCUT2D eigenvalue weighted by atomic mass is 32.1. The number of thiocarbonyl (C=S) groups is 1. The Hall–Kier alpha value is -3.29. The minimum Gasteiger partial charge on any atom is -0.495 e. The fraction of sp³-hybridized carbons (Fsp3) is 0.345. The zero-order valence-corrected chi connectivity index (χ0v) is 21.7. The van der Waals surface area contributed by atoms with Crippen LogP contribution < -0.4 is 4.74 Å². The van der Waals surface area contributed by atoms with Crippen LogP contribution in [0.5, 0.6) is 5.75 Å². The maximum atomic E-state index is 7.13. The number of rotatable bonds is 5. The second-order valence-corrected chi connectivity index (χ2v) is 10.0. The van der Waals surface area contributed by atoms with Gasteiger partial charge in [-0.2, -0.15) is 0 Å². The van der Waals surface area contributed by atoms with Gasteiger partial charge in [0.05, 0.1) is 18.6 Å². The van der Waals surface area contributed by atoms with Gasteiger partial charge in [-0.05, 0) is 76.2 Å². The lowest BCUT2D eigenvalue weighted by atomic mass is 9.76. The van der Waals surface area contributed by atoms with Gasteiger partial charge in [-0.1, -0.05) is 24.8 Å². The van der Waals surface area contributed by atoms with Gasteiger partial charge in [-0.15, -0.1) is 0 Å². The number of para-hydroxylation sites is 1. The average molecular weight is 503 g/mol. The first kappa shape index (κ1) is 23.1. The quantitative estimate of drug-likeness (QED) is 0.306. The highest BCUT2D eigenvalue weighted by Crippen LogP contribution is 2.66. The van der Waals surface area contributed by atoms with Crippen molar-refractivity contribution in [3.05, 3.63) is 95.8 Å². The number of aromatic nitrogens is 2. The van der Waals surface area contributed by atoms with Gasteiger partial charge in [-0.3, -0.25) is 0 Å². The van der Waals surface area contributed by atoms with Crippen molar-refractivity contribution in [2.75, 3.05) is 6.61 Å². The molecule has 0 saturated carbocycles. The van der Waals surface area contributed by atoms with E-state index in [1.165, 1.54) is 0 Å². The van der Waals surface area contributed by atoms with Gasteiger partial charge in [0.2, 0.25) is 0 Å². The Morgan fingerprint density at radius 3 is 2.53 bits per heavy atom. The number of benzene rings is 1. The molecule has 3 aliphatic heterocycles. The molecule has 1 aromatic carbocycles. The topological polar surface area (TPSA) is 46.8 Å². The van der Waals surface area contributed by atoms with Crippen LogP contribution in [0.2, 0.25) is 0 Å². The first-order valence-corrected chi connectivity index (χ1v) is 12.8. The second-order valence-electron chi connectivity index (χ2n) is 9.71. The molecule has 0 N–H and O–H groups in total. The number of ether oxygens (including phenoxy) is 4. The highest BCUT2D eigenvalue weighted by Gasteiger charge is 2.73. The molecule has 186 valence electrons. The predicted molar refractivity (Wildman–Crippen MR) is 142 cm³/mol. The Morgan fingerprint density at radius 2 is 1.78 bits per heavy atom. The van der Waals surface area contributed by atoms with Crippen LogP contribution in [-0.4, -0.2) is 32.4 Å². The summed E-state index contributed by atoms with van der Waals surface area (Å²) in [6.07, 6.45) is 4.18. The lowest BCUT2D eigenvalue weighted by Gasteiger charge is -2.45. The Bertz CT molecular complexity index is 1390. The monoisotopic (exact) mass is 502 g/mol. The molecule has 0 spiro atoms. The molecule has 2 aromatic heterocycles. The molecule has 5 atom stereocenters. The van der Waals surface area contributed by atoms with E-state index < -0.39 is 11.4 Å². The van der Waals surface area contributed by atoms with E-state index >= 15 is 0 Å². The van der Waals surface area contributed by atoms with Gasteiger partial charge in [0.25, 0.3) is 5.79 Å². The van der Waals surface area contributed by atoms with Crippen LogP contribution in [0.15, 0.2) is 73.0 Å². The van der Waals surface area contributed by atoms with Gasteiger partial charge in [-0.25, -0.2) is 0 Å². The number of aryl methyl sites for hydroxylation is 2. The molecule has 3 aromatic rings. The molecule has 0 aliphatic carbocycles. The van der Waals surface area contributed by atoms with E-state index in [-0.39, 0.29) is 23.2 Å². The first-order chi connectivity index (χ1) is 17.3. The number of fused-ring (bicyclic) bond motifs is 2. The summed E-state index contributed by atoms with van der Waals surface area (Å²) < 4.78 is 30.5. The molecule has 1 fully saturated rings. The molecule has 0 amide bonds. The molecular formula is C29H30N2O4S. The Morgan fingerprint density at radius 1 is 1.06 bits per heavy atom. The minimum absolute atomic E-state index is 0.0128. The van der Waals surface area contributed by atoms with Crippen molar-refractivity contribution in [3.8, 4) is 5.75 Å². The predicted octanol–water partition coefficient (Wildman–Crippen LogP) is 6.23. The van der Waals surface area contributed by atoms with Crippen LogP contribution in [0.1, 0.15) is 54.6 Å². The van der Waals surface area contributed by atoms with E-state index in [0.717, 1.165) is 22.8 Å². The molecular weight excluding hydrogens is 472 g/mol. The Labute approximate surface area is 216 Å². The van der Waals surface area contributed by atoms with Crippen molar-refractivity contribution >= 4 is 23.5 Å². The van der Waals surface area contributed by atoms with E-state index in [1.807, 2.05) is 37.3 Å². The lowest BCUT2D eigenvalue weighted by molar-refractivity contribution is -0.240. The third kappa shape index (κ3) is 3.02. The molecule has 0 radical (unpaired) electrons.